The summed E-state index contributed by atoms with van der Waals surface area (Å²) in [6.45, 7) is 3.82. The van der Waals surface area contributed by atoms with Crippen molar-refractivity contribution < 1.29 is 28.6 Å². The molecule has 18 heavy (non-hydrogen) atoms. The third-order valence-corrected chi connectivity index (χ3v) is 1.60. The highest BCUT2D eigenvalue weighted by molar-refractivity contribution is 5.92. The van der Waals surface area contributed by atoms with Crippen molar-refractivity contribution in [2.45, 2.75) is 26.7 Å². The van der Waals surface area contributed by atoms with Gasteiger partial charge < -0.3 is 14.2 Å². The van der Waals surface area contributed by atoms with E-state index in [0.717, 1.165) is 12.2 Å². The quantitative estimate of drug-likeness (QED) is 0.367. The van der Waals surface area contributed by atoms with Gasteiger partial charge in [0, 0.05) is 12.2 Å². The average Bonchev–Trinajstić information content (AvgIpc) is 2.37. The van der Waals surface area contributed by atoms with Crippen molar-refractivity contribution in [1.29, 1.82) is 0 Å². The Morgan fingerprint density at radius 2 is 1.33 bits per heavy atom. The third-order valence-electron chi connectivity index (χ3n) is 1.60. The van der Waals surface area contributed by atoms with E-state index in [-0.39, 0.29) is 6.61 Å². The van der Waals surface area contributed by atoms with Gasteiger partial charge in [0.15, 0.2) is 6.61 Å². The largest absolute Gasteiger partial charge is 0.463 e. The average molecular weight is 258 g/mol. The molecule has 0 aromatic carbocycles. The highest BCUT2D eigenvalue weighted by Crippen LogP contribution is 1.89. The molecule has 0 bridgehead atoms. The lowest BCUT2D eigenvalue weighted by atomic mass is 10.5. The smallest absolute Gasteiger partial charge is 0.344 e. The van der Waals surface area contributed by atoms with Gasteiger partial charge in [-0.05, 0) is 12.8 Å². The summed E-state index contributed by atoms with van der Waals surface area (Å²) in [6.07, 6.45) is 3.26. The van der Waals surface area contributed by atoms with Crippen LogP contribution < -0.4 is 0 Å². The van der Waals surface area contributed by atoms with Gasteiger partial charge in [0.25, 0.3) is 0 Å². The molecule has 0 aliphatic carbocycles. The van der Waals surface area contributed by atoms with E-state index in [9.17, 15) is 14.4 Å². The molecule has 102 valence electrons. The molecule has 0 unspecified atom stereocenters. The Labute approximate surface area is 106 Å². The predicted octanol–water partition coefficient (Wildman–Crippen LogP) is 0.992. The molecule has 0 aromatic heterocycles. The van der Waals surface area contributed by atoms with Crippen LogP contribution in [0.15, 0.2) is 12.2 Å². The molecule has 0 N–H and O–H groups in total. The second-order valence-corrected chi connectivity index (χ2v) is 3.33. The molecule has 0 aromatic rings. The maximum atomic E-state index is 11.1. The number of carbonyl (C=O) groups excluding carboxylic acids is 3. The molecular formula is C12H18O6. The van der Waals surface area contributed by atoms with E-state index in [2.05, 4.69) is 9.47 Å². The van der Waals surface area contributed by atoms with Gasteiger partial charge in [0.2, 0.25) is 0 Å². The number of esters is 3. The summed E-state index contributed by atoms with van der Waals surface area (Å²) in [5.41, 5.74) is 0. The Bertz CT molecular complexity index is 308. The number of carbonyl (C=O) groups is 3. The second kappa shape index (κ2) is 10.3. The minimum Gasteiger partial charge on any atom is -0.463 e. The standard InChI is InChI=1S/C12H18O6/c1-3-7-16-10(13)5-6-11(14)18-9-12(15)17-8-4-2/h5-6H,3-4,7-9H2,1-2H3/b6-5-. The SMILES string of the molecule is CCCOC(=O)/C=C\C(=O)OCC(=O)OCCC. The normalized spacial score (nSPS) is 10.1. The first kappa shape index (κ1) is 16.1. The van der Waals surface area contributed by atoms with Crippen LogP contribution >= 0.6 is 0 Å². The Balaban J connectivity index is 3.79. The van der Waals surface area contributed by atoms with Crippen LogP contribution in [-0.2, 0) is 28.6 Å². The first-order chi connectivity index (χ1) is 8.60. The number of ether oxygens (including phenoxy) is 3. The molecule has 0 aliphatic rings. The fourth-order valence-electron chi connectivity index (χ4n) is 0.823. The zero-order valence-electron chi connectivity index (χ0n) is 10.6. The molecule has 6 nitrogen and oxygen atoms in total. The first-order valence-corrected chi connectivity index (χ1v) is 5.77. The number of hydrogen-bond acceptors (Lipinski definition) is 6. The van der Waals surface area contributed by atoms with Crippen LogP contribution in [0.4, 0.5) is 0 Å². The maximum Gasteiger partial charge on any atom is 0.344 e. The molecule has 0 amide bonds. The van der Waals surface area contributed by atoms with Crippen molar-refractivity contribution in [3.05, 3.63) is 12.2 Å². The van der Waals surface area contributed by atoms with Crippen LogP contribution in [0.3, 0.4) is 0 Å². The van der Waals surface area contributed by atoms with Gasteiger partial charge in [-0.3, -0.25) is 0 Å². The summed E-state index contributed by atoms with van der Waals surface area (Å²) in [5, 5.41) is 0. The van der Waals surface area contributed by atoms with Crippen LogP contribution in [0, 0.1) is 0 Å². The molecule has 6 heteroatoms. The Kier molecular flexibility index (Phi) is 9.25. The molecule has 0 heterocycles. The molecule has 0 saturated heterocycles. The van der Waals surface area contributed by atoms with Crippen molar-refractivity contribution >= 4 is 17.9 Å². The van der Waals surface area contributed by atoms with Crippen LogP contribution in [0.25, 0.3) is 0 Å². The summed E-state index contributed by atoms with van der Waals surface area (Å²) in [6, 6.07) is 0. The van der Waals surface area contributed by atoms with Crippen molar-refractivity contribution in [2.75, 3.05) is 19.8 Å². The minimum absolute atomic E-state index is 0.287. The lowest BCUT2D eigenvalue weighted by molar-refractivity contribution is -0.156. The predicted molar refractivity (Wildman–Crippen MR) is 62.6 cm³/mol. The van der Waals surface area contributed by atoms with E-state index in [1.807, 2.05) is 13.8 Å². The van der Waals surface area contributed by atoms with E-state index >= 15 is 0 Å². The fourth-order valence-corrected chi connectivity index (χ4v) is 0.823. The third kappa shape index (κ3) is 9.38. The molecule has 0 saturated carbocycles. The number of rotatable bonds is 8. The summed E-state index contributed by atoms with van der Waals surface area (Å²) in [7, 11) is 0. The van der Waals surface area contributed by atoms with E-state index < -0.39 is 24.5 Å². The Morgan fingerprint density at radius 1 is 0.833 bits per heavy atom. The zero-order chi connectivity index (χ0) is 13.8. The van der Waals surface area contributed by atoms with E-state index in [4.69, 9.17) is 4.74 Å². The van der Waals surface area contributed by atoms with Gasteiger partial charge in [-0.2, -0.15) is 0 Å². The van der Waals surface area contributed by atoms with Gasteiger partial charge in [-0.1, -0.05) is 13.8 Å². The van der Waals surface area contributed by atoms with Gasteiger partial charge in [0.1, 0.15) is 0 Å². The van der Waals surface area contributed by atoms with Gasteiger partial charge in [-0.15, -0.1) is 0 Å². The lowest BCUT2D eigenvalue weighted by Gasteiger charge is -2.02. The second-order valence-electron chi connectivity index (χ2n) is 3.33. The molecule has 0 aliphatic heterocycles. The monoisotopic (exact) mass is 258 g/mol. The van der Waals surface area contributed by atoms with Crippen LogP contribution in [0.1, 0.15) is 26.7 Å². The minimum atomic E-state index is -0.795. The fraction of sp³-hybridized carbons (Fsp3) is 0.583. The molecule has 0 atom stereocenters. The first-order valence-electron chi connectivity index (χ1n) is 5.77. The van der Waals surface area contributed by atoms with Crippen molar-refractivity contribution in [2.24, 2.45) is 0 Å². The maximum absolute atomic E-state index is 11.1. The molecule has 0 rings (SSSR count). The number of hydrogen-bond donors (Lipinski definition) is 0. The molecular weight excluding hydrogens is 240 g/mol. The molecule has 0 spiro atoms. The van der Waals surface area contributed by atoms with E-state index in [0.29, 0.717) is 19.4 Å². The highest BCUT2D eigenvalue weighted by Gasteiger charge is 2.06. The van der Waals surface area contributed by atoms with Gasteiger partial charge >= 0.3 is 17.9 Å². The van der Waals surface area contributed by atoms with Crippen molar-refractivity contribution in [3.8, 4) is 0 Å². The van der Waals surface area contributed by atoms with Crippen molar-refractivity contribution in [3.63, 3.8) is 0 Å². The highest BCUT2D eigenvalue weighted by atomic mass is 16.6. The summed E-state index contributed by atoms with van der Waals surface area (Å²) < 4.78 is 13.9. The Hall–Kier alpha value is -1.85. The summed E-state index contributed by atoms with van der Waals surface area (Å²) >= 11 is 0. The van der Waals surface area contributed by atoms with Crippen LogP contribution in [-0.4, -0.2) is 37.7 Å². The van der Waals surface area contributed by atoms with Crippen LogP contribution in [0.2, 0.25) is 0 Å². The lowest BCUT2D eigenvalue weighted by Crippen LogP contribution is -2.16. The molecule has 0 fully saturated rings. The van der Waals surface area contributed by atoms with Crippen molar-refractivity contribution in [1.82, 2.24) is 0 Å². The van der Waals surface area contributed by atoms with Gasteiger partial charge in [-0.25, -0.2) is 14.4 Å². The Morgan fingerprint density at radius 3 is 1.89 bits per heavy atom. The van der Waals surface area contributed by atoms with E-state index in [1.54, 1.807) is 0 Å². The summed E-state index contributed by atoms with van der Waals surface area (Å²) in [5.74, 6) is -2.04. The molecule has 0 radical (unpaired) electrons. The van der Waals surface area contributed by atoms with E-state index in [1.165, 1.54) is 0 Å². The van der Waals surface area contributed by atoms with Crippen LogP contribution in [0.5, 0.6) is 0 Å². The summed E-state index contributed by atoms with van der Waals surface area (Å²) in [4.78, 5) is 33.0. The topological polar surface area (TPSA) is 78.9 Å². The van der Waals surface area contributed by atoms with Gasteiger partial charge in [0.05, 0.1) is 13.2 Å². The zero-order valence-corrected chi connectivity index (χ0v) is 10.6.